The van der Waals surface area contributed by atoms with Crippen LogP contribution in [0.4, 0.5) is 5.69 Å². The highest BCUT2D eigenvalue weighted by molar-refractivity contribution is 6.00. The molecule has 0 unspecified atom stereocenters. The van der Waals surface area contributed by atoms with E-state index in [1.165, 1.54) is 6.20 Å². The molecule has 4 fully saturated rings. The highest BCUT2D eigenvalue weighted by Crippen LogP contribution is 2.62. The Morgan fingerprint density at radius 1 is 1.15 bits per heavy atom. The van der Waals surface area contributed by atoms with Crippen molar-refractivity contribution >= 4 is 23.0 Å². The van der Waals surface area contributed by atoms with Gasteiger partial charge in [0.15, 0.2) is 0 Å². The molecule has 0 aliphatic heterocycles. The number of pyridine rings is 1. The minimum absolute atomic E-state index is 0.0875. The Hall–Kier alpha value is -3.93. The van der Waals surface area contributed by atoms with Crippen LogP contribution in [0.2, 0.25) is 0 Å². The lowest BCUT2D eigenvalue weighted by Crippen LogP contribution is -2.81. The van der Waals surface area contributed by atoms with Crippen molar-refractivity contribution in [2.75, 3.05) is 12.4 Å². The minimum Gasteiger partial charge on any atom is -0.379 e. The average Bonchev–Trinajstić information content (AvgIpc) is 3.55. The number of hydrogen-bond donors (Lipinski definition) is 3. The number of nitrogens with one attached hydrogen (secondary N) is 3. The molecule has 0 aromatic carbocycles. The molecule has 2 bridgehead atoms. The van der Waals surface area contributed by atoms with Gasteiger partial charge in [0.2, 0.25) is 5.91 Å². The number of anilines is 1. The molecule has 9 nitrogen and oxygen atoms in total. The third-order valence-corrected chi connectivity index (χ3v) is 7.03. The van der Waals surface area contributed by atoms with Gasteiger partial charge in [-0.1, -0.05) is 0 Å². The zero-order chi connectivity index (χ0) is 22.8. The summed E-state index contributed by atoms with van der Waals surface area (Å²) in [6, 6.07) is 9.53. The molecule has 4 aliphatic rings. The Balaban J connectivity index is 1.28. The molecule has 0 saturated heterocycles. The number of rotatable bonds is 6. The number of amides is 2. The topological polar surface area (TPSA) is 124 Å². The van der Waals surface area contributed by atoms with Crippen molar-refractivity contribution in [3.8, 4) is 17.5 Å². The molecular weight excluding hydrogens is 418 g/mol. The molecule has 4 aliphatic carbocycles. The van der Waals surface area contributed by atoms with Crippen LogP contribution in [0.3, 0.4) is 0 Å². The first-order valence-corrected chi connectivity index (χ1v) is 11.1. The maximum Gasteiger partial charge on any atom is 0.254 e. The first-order chi connectivity index (χ1) is 15.9. The van der Waals surface area contributed by atoms with Crippen molar-refractivity contribution in [2.24, 2.45) is 5.92 Å². The van der Waals surface area contributed by atoms with E-state index < -0.39 is 0 Å². The molecule has 0 radical (unpaired) electrons. The van der Waals surface area contributed by atoms with Gasteiger partial charge in [0.25, 0.3) is 5.91 Å². The summed E-state index contributed by atoms with van der Waals surface area (Å²) in [5.41, 5.74) is 3.71. The number of carbonyl (C=O) groups excluding carboxylic acids is 2. The second kappa shape index (κ2) is 6.78. The lowest BCUT2D eigenvalue weighted by atomic mass is 9.44. The summed E-state index contributed by atoms with van der Waals surface area (Å²) in [5, 5.41) is 23.0. The second-order valence-corrected chi connectivity index (χ2v) is 9.59. The molecular formula is C24H23N7O2. The summed E-state index contributed by atoms with van der Waals surface area (Å²) < 4.78 is 1.73. The Bertz CT molecular complexity index is 1350. The maximum absolute atomic E-state index is 12.5. The molecule has 7 rings (SSSR count). The van der Waals surface area contributed by atoms with Crippen molar-refractivity contribution < 1.29 is 9.59 Å². The number of aromatic nitrogens is 3. The van der Waals surface area contributed by atoms with Gasteiger partial charge in [0.05, 0.1) is 39.9 Å². The fourth-order valence-corrected chi connectivity index (χ4v) is 5.32. The fourth-order valence-electron chi connectivity index (χ4n) is 5.32. The highest BCUT2D eigenvalue weighted by atomic mass is 16.2. The van der Waals surface area contributed by atoms with Crippen molar-refractivity contribution in [3.05, 3.63) is 47.8 Å². The number of carbonyl (C=O) groups is 2. The third-order valence-electron chi connectivity index (χ3n) is 7.03. The maximum atomic E-state index is 12.5. The van der Waals surface area contributed by atoms with Crippen molar-refractivity contribution in [2.45, 2.75) is 43.2 Å². The summed E-state index contributed by atoms with van der Waals surface area (Å²) in [4.78, 5) is 29.2. The van der Waals surface area contributed by atoms with Crippen molar-refractivity contribution in [1.29, 1.82) is 5.26 Å². The second-order valence-electron chi connectivity index (χ2n) is 9.59. The predicted octanol–water partition coefficient (Wildman–Crippen LogP) is 2.24. The van der Waals surface area contributed by atoms with Crippen LogP contribution in [-0.4, -0.2) is 44.5 Å². The van der Waals surface area contributed by atoms with Crippen LogP contribution in [0.25, 0.3) is 16.9 Å². The molecule has 0 spiro atoms. The Morgan fingerprint density at radius 3 is 2.64 bits per heavy atom. The minimum atomic E-state index is -0.211. The molecule has 4 saturated carbocycles. The number of hydrogen-bond acceptors (Lipinski definition) is 6. The molecule has 2 amide bonds. The lowest BCUT2D eigenvalue weighted by molar-refractivity contribution is -0.135. The highest BCUT2D eigenvalue weighted by Gasteiger charge is 2.69. The molecule has 166 valence electrons. The molecule has 33 heavy (non-hydrogen) atoms. The zero-order valence-electron chi connectivity index (χ0n) is 18.2. The van der Waals surface area contributed by atoms with Gasteiger partial charge in [-0.15, -0.1) is 0 Å². The molecule has 3 N–H and O–H groups in total. The van der Waals surface area contributed by atoms with Crippen LogP contribution in [0, 0.1) is 17.2 Å². The quantitative estimate of drug-likeness (QED) is 0.539. The van der Waals surface area contributed by atoms with E-state index >= 15 is 0 Å². The molecule has 9 heteroatoms. The summed E-state index contributed by atoms with van der Waals surface area (Å²) in [6.07, 6.45) is 7.67. The number of nitriles is 1. The van der Waals surface area contributed by atoms with E-state index in [0.29, 0.717) is 22.5 Å². The van der Waals surface area contributed by atoms with Crippen LogP contribution in [-0.2, 0) is 4.79 Å². The van der Waals surface area contributed by atoms with Gasteiger partial charge in [-0.3, -0.25) is 14.6 Å². The Kier molecular flexibility index (Phi) is 4.06. The Morgan fingerprint density at radius 2 is 1.94 bits per heavy atom. The van der Waals surface area contributed by atoms with Crippen LogP contribution in [0.5, 0.6) is 0 Å². The van der Waals surface area contributed by atoms with E-state index in [9.17, 15) is 9.59 Å². The number of fused-ring (bicyclic) bond motifs is 1. The standard InChI is InChI=1S/C24H23N7O2/c1-26-22(33)17-10-27-19(20-5-4-16-6-14(8-25)9-28-31(16)20)7-18(17)29-23-11-24(12-23,13-23)30-21(32)15-2-3-15/h4-7,9-10,15H,2-3,11-13H2,1H3,(H,26,33)(H,27,29)(H,30,32). The average molecular weight is 441 g/mol. The van der Waals surface area contributed by atoms with E-state index in [4.69, 9.17) is 5.26 Å². The van der Waals surface area contributed by atoms with Crippen LogP contribution in [0.15, 0.2) is 36.7 Å². The zero-order valence-corrected chi connectivity index (χ0v) is 18.2. The van der Waals surface area contributed by atoms with Gasteiger partial charge in [-0.05, 0) is 56.4 Å². The summed E-state index contributed by atoms with van der Waals surface area (Å²) in [5.74, 6) is 0.185. The van der Waals surface area contributed by atoms with Gasteiger partial charge in [-0.2, -0.15) is 10.4 Å². The van der Waals surface area contributed by atoms with Crippen LogP contribution in [0.1, 0.15) is 48.0 Å². The van der Waals surface area contributed by atoms with Gasteiger partial charge in [-0.25, -0.2) is 4.52 Å². The molecule has 3 aromatic rings. The monoisotopic (exact) mass is 441 g/mol. The smallest absolute Gasteiger partial charge is 0.254 e. The Labute approximate surface area is 190 Å². The van der Waals surface area contributed by atoms with Gasteiger partial charge in [0, 0.05) is 30.2 Å². The van der Waals surface area contributed by atoms with E-state index in [1.54, 1.807) is 23.8 Å². The molecule has 3 aromatic heterocycles. The SMILES string of the molecule is CNC(=O)c1cnc(-c2ccc3cc(C#N)cnn23)cc1NC12CC(NC(=O)C3CC3)(C1)C2. The van der Waals surface area contributed by atoms with Gasteiger partial charge < -0.3 is 16.0 Å². The van der Waals surface area contributed by atoms with Crippen LogP contribution >= 0.6 is 0 Å². The van der Waals surface area contributed by atoms with E-state index in [2.05, 4.69) is 32.1 Å². The van der Waals surface area contributed by atoms with Gasteiger partial charge in [0.1, 0.15) is 6.07 Å². The molecule has 0 atom stereocenters. The number of nitrogens with zero attached hydrogens (tertiary/aromatic N) is 4. The summed E-state index contributed by atoms with van der Waals surface area (Å²) >= 11 is 0. The van der Waals surface area contributed by atoms with Gasteiger partial charge >= 0.3 is 0 Å². The van der Waals surface area contributed by atoms with E-state index in [0.717, 1.165) is 43.3 Å². The third kappa shape index (κ3) is 3.13. The lowest BCUT2D eigenvalue weighted by Gasteiger charge is -2.70. The van der Waals surface area contributed by atoms with E-state index in [-0.39, 0.29) is 28.8 Å². The normalized spacial score (nSPS) is 24.8. The summed E-state index contributed by atoms with van der Waals surface area (Å²) in [7, 11) is 1.60. The fraction of sp³-hybridized carbons (Fsp3) is 0.375. The first kappa shape index (κ1) is 19.7. The summed E-state index contributed by atoms with van der Waals surface area (Å²) in [6.45, 7) is 0. The first-order valence-electron chi connectivity index (χ1n) is 11.1. The molecule has 3 heterocycles. The predicted molar refractivity (Wildman–Crippen MR) is 120 cm³/mol. The van der Waals surface area contributed by atoms with Crippen molar-refractivity contribution in [3.63, 3.8) is 0 Å². The van der Waals surface area contributed by atoms with Crippen LogP contribution < -0.4 is 16.0 Å². The van der Waals surface area contributed by atoms with E-state index in [1.807, 2.05) is 18.2 Å². The van der Waals surface area contributed by atoms with Crippen molar-refractivity contribution in [1.82, 2.24) is 25.2 Å². The largest absolute Gasteiger partial charge is 0.379 e.